The molecular weight excluding hydrogens is 252 g/mol. The zero-order chi connectivity index (χ0) is 13.9. The predicted molar refractivity (Wildman–Crippen MR) is 80.8 cm³/mol. The highest BCUT2D eigenvalue weighted by Gasteiger charge is 2.07. The number of anilines is 1. The molecule has 1 aromatic carbocycles. The van der Waals surface area contributed by atoms with Crippen LogP contribution in [0.2, 0.25) is 0 Å². The van der Waals surface area contributed by atoms with E-state index in [2.05, 4.69) is 44.5 Å². The summed E-state index contributed by atoms with van der Waals surface area (Å²) < 4.78 is 0. The van der Waals surface area contributed by atoms with Crippen LogP contribution in [0.3, 0.4) is 0 Å². The summed E-state index contributed by atoms with van der Waals surface area (Å²) in [5, 5.41) is 13.4. The fraction of sp³-hybridized carbons (Fsp3) is 0.286. The van der Waals surface area contributed by atoms with Gasteiger partial charge in [0.1, 0.15) is 5.52 Å². The van der Waals surface area contributed by atoms with Crippen molar-refractivity contribution < 1.29 is 0 Å². The Morgan fingerprint density at radius 1 is 1.30 bits per heavy atom. The van der Waals surface area contributed by atoms with Gasteiger partial charge in [0.15, 0.2) is 5.65 Å². The van der Waals surface area contributed by atoms with Gasteiger partial charge < -0.3 is 4.98 Å². The molecule has 0 saturated carbocycles. The maximum absolute atomic E-state index is 4.38. The highest BCUT2D eigenvalue weighted by atomic mass is 15.4. The third-order valence-corrected chi connectivity index (χ3v) is 2.95. The van der Waals surface area contributed by atoms with Crippen LogP contribution in [0.25, 0.3) is 22.1 Å². The molecule has 6 heteroatoms. The van der Waals surface area contributed by atoms with Crippen molar-refractivity contribution in [3.05, 3.63) is 24.3 Å². The van der Waals surface area contributed by atoms with Gasteiger partial charge in [-0.3, -0.25) is 0 Å². The number of hydrogen-bond donors (Lipinski definition) is 2. The minimum Gasteiger partial charge on any atom is -0.338 e. The molecule has 0 unspecified atom stereocenters. The van der Waals surface area contributed by atoms with E-state index in [1.165, 1.54) is 0 Å². The Hall–Kier alpha value is -2.50. The Morgan fingerprint density at radius 3 is 3.00 bits per heavy atom. The van der Waals surface area contributed by atoms with Crippen LogP contribution >= 0.6 is 0 Å². The molecule has 0 radical (unpaired) electrons. The summed E-state index contributed by atoms with van der Waals surface area (Å²) in [6.45, 7) is 4.28. The van der Waals surface area contributed by atoms with Crippen LogP contribution in [0.15, 0.2) is 29.4 Å². The molecule has 0 saturated heterocycles. The molecule has 0 aliphatic carbocycles. The molecule has 0 aliphatic heterocycles. The molecule has 20 heavy (non-hydrogen) atoms. The number of nitrogens with zero attached hydrogens (tertiary/aromatic N) is 4. The minimum atomic E-state index is 0.393. The lowest BCUT2D eigenvalue weighted by atomic mass is 10.2. The highest BCUT2D eigenvalue weighted by molar-refractivity contribution is 6.03. The van der Waals surface area contributed by atoms with E-state index in [0.717, 1.165) is 22.8 Å². The Kier molecular flexibility index (Phi) is 3.28. The fourth-order valence-electron chi connectivity index (χ4n) is 1.93. The van der Waals surface area contributed by atoms with Crippen molar-refractivity contribution in [3.8, 4) is 0 Å². The van der Waals surface area contributed by atoms with Gasteiger partial charge in [-0.25, -0.2) is 5.43 Å². The van der Waals surface area contributed by atoms with Crippen molar-refractivity contribution >= 4 is 34.2 Å². The lowest BCUT2D eigenvalue weighted by Gasteiger charge is -1.98. The van der Waals surface area contributed by atoms with Gasteiger partial charge >= 0.3 is 0 Å². The standard InChI is InChI=1S/C14H16N6/c1-9(2)7-8-15-19-14-17-13-12(18-20-14)10-5-3-4-6-11(10)16-13/h3-6,8-9H,7H2,1-2H3,(H2,16,17,19,20). The van der Waals surface area contributed by atoms with Crippen LogP contribution in [0.5, 0.6) is 0 Å². The van der Waals surface area contributed by atoms with Crippen LogP contribution in [0.1, 0.15) is 20.3 Å². The van der Waals surface area contributed by atoms with E-state index in [-0.39, 0.29) is 0 Å². The van der Waals surface area contributed by atoms with E-state index in [0.29, 0.717) is 17.5 Å². The first kappa shape index (κ1) is 12.5. The second-order valence-electron chi connectivity index (χ2n) is 5.06. The second kappa shape index (κ2) is 5.24. The quantitative estimate of drug-likeness (QED) is 0.563. The molecule has 0 aliphatic rings. The van der Waals surface area contributed by atoms with Crippen LogP contribution in [-0.4, -0.2) is 26.4 Å². The monoisotopic (exact) mass is 268 g/mol. The molecule has 0 atom stereocenters. The van der Waals surface area contributed by atoms with E-state index in [1.54, 1.807) is 0 Å². The van der Waals surface area contributed by atoms with Gasteiger partial charge in [0, 0.05) is 17.1 Å². The Bertz CT molecular complexity index is 759. The Labute approximate surface area is 116 Å². The first-order valence-corrected chi connectivity index (χ1v) is 6.62. The van der Waals surface area contributed by atoms with Crippen molar-refractivity contribution in [2.24, 2.45) is 11.0 Å². The van der Waals surface area contributed by atoms with Crippen molar-refractivity contribution in [1.82, 2.24) is 20.2 Å². The van der Waals surface area contributed by atoms with Crippen LogP contribution in [0, 0.1) is 5.92 Å². The summed E-state index contributed by atoms with van der Waals surface area (Å²) in [6.07, 6.45) is 2.73. The average Bonchev–Trinajstić information content (AvgIpc) is 2.81. The zero-order valence-electron chi connectivity index (χ0n) is 11.5. The zero-order valence-corrected chi connectivity index (χ0v) is 11.5. The molecule has 6 nitrogen and oxygen atoms in total. The van der Waals surface area contributed by atoms with Crippen molar-refractivity contribution in [1.29, 1.82) is 0 Å². The predicted octanol–water partition coefficient (Wildman–Crippen LogP) is 2.95. The van der Waals surface area contributed by atoms with E-state index in [4.69, 9.17) is 0 Å². The molecule has 3 rings (SSSR count). The van der Waals surface area contributed by atoms with Gasteiger partial charge in [0.25, 0.3) is 5.95 Å². The molecule has 2 N–H and O–H groups in total. The van der Waals surface area contributed by atoms with Gasteiger partial charge in [-0.05, 0) is 18.4 Å². The maximum Gasteiger partial charge on any atom is 0.265 e. The van der Waals surface area contributed by atoms with Crippen molar-refractivity contribution in [3.63, 3.8) is 0 Å². The number of hydrogen-bond acceptors (Lipinski definition) is 5. The summed E-state index contributed by atoms with van der Waals surface area (Å²) in [7, 11) is 0. The summed E-state index contributed by atoms with van der Waals surface area (Å²) >= 11 is 0. The molecule has 0 fully saturated rings. The third-order valence-electron chi connectivity index (χ3n) is 2.95. The largest absolute Gasteiger partial charge is 0.338 e. The van der Waals surface area contributed by atoms with E-state index >= 15 is 0 Å². The molecule has 3 aromatic rings. The fourth-order valence-corrected chi connectivity index (χ4v) is 1.93. The lowest BCUT2D eigenvalue weighted by Crippen LogP contribution is -1.99. The number of nitrogens with one attached hydrogen (secondary N) is 2. The minimum absolute atomic E-state index is 0.393. The summed E-state index contributed by atoms with van der Waals surface area (Å²) in [5.74, 6) is 0.972. The van der Waals surface area contributed by atoms with Gasteiger partial charge in [-0.1, -0.05) is 32.0 Å². The third kappa shape index (κ3) is 2.45. The molecule has 2 heterocycles. The molecule has 2 aromatic heterocycles. The van der Waals surface area contributed by atoms with Crippen molar-refractivity contribution in [2.45, 2.75) is 20.3 Å². The number of fused-ring (bicyclic) bond motifs is 3. The van der Waals surface area contributed by atoms with Gasteiger partial charge in [-0.15, -0.1) is 10.2 Å². The number of aromatic nitrogens is 4. The normalized spacial score (nSPS) is 11.9. The Balaban J connectivity index is 1.87. The summed E-state index contributed by atoms with van der Waals surface area (Å²) in [4.78, 5) is 7.60. The summed E-state index contributed by atoms with van der Waals surface area (Å²) in [5.41, 5.74) is 5.29. The first-order valence-electron chi connectivity index (χ1n) is 6.62. The van der Waals surface area contributed by atoms with Gasteiger partial charge in [0.2, 0.25) is 0 Å². The maximum atomic E-state index is 4.38. The molecule has 102 valence electrons. The average molecular weight is 268 g/mol. The van der Waals surface area contributed by atoms with E-state index in [1.807, 2.05) is 30.5 Å². The van der Waals surface area contributed by atoms with Crippen LogP contribution in [-0.2, 0) is 0 Å². The number of benzene rings is 1. The molecule has 0 bridgehead atoms. The van der Waals surface area contributed by atoms with Gasteiger partial charge in [-0.2, -0.15) is 10.1 Å². The number of para-hydroxylation sites is 1. The molecule has 0 amide bonds. The number of hydrazone groups is 1. The number of H-pyrrole nitrogens is 1. The number of aromatic amines is 1. The van der Waals surface area contributed by atoms with Gasteiger partial charge in [0.05, 0.1) is 0 Å². The molecule has 0 spiro atoms. The second-order valence-corrected chi connectivity index (χ2v) is 5.06. The summed E-state index contributed by atoms with van der Waals surface area (Å²) in [6, 6.07) is 7.94. The van der Waals surface area contributed by atoms with Crippen molar-refractivity contribution in [2.75, 3.05) is 5.43 Å². The lowest BCUT2D eigenvalue weighted by molar-refractivity contribution is 0.690. The number of rotatable bonds is 4. The highest BCUT2D eigenvalue weighted by Crippen LogP contribution is 2.21. The van der Waals surface area contributed by atoms with Crippen LogP contribution in [0.4, 0.5) is 5.95 Å². The first-order chi connectivity index (χ1) is 9.74. The van der Waals surface area contributed by atoms with Crippen LogP contribution < -0.4 is 5.43 Å². The smallest absolute Gasteiger partial charge is 0.265 e. The SMILES string of the molecule is CC(C)CC=NNc1nnc2c(n1)[nH]c1ccccc12. The van der Waals surface area contributed by atoms with E-state index in [9.17, 15) is 0 Å². The van der Waals surface area contributed by atoms with E-state index < -0.39 is 0 Å². The molecular formula is C14H16N6. The Morgan fingerprint density at radius 2 is 2.15 bits per heavy atom. The topological polar surface area (TPSA) is 78.8 Å².